The van der Waals surface area contributed by atoms with Gasteiger partial charge < -0.3 is 14.3 Å². The Hall–Kier alpha value is -1.20. The van der Waals surface area contributed by atoms with Gasteiger partial charge >= 0.3 is 0 Å². The van der Waals surface area contributed by atoms with Gasteiger partial charge in [-0.05, 0) is 49.0 Å². The zero-order chi connectivity index (χ0) is 22.4. The predicted molar refractivity (Wildman–Crippen MR) is 131 cm³/mol. The van der Waals surface area contributed by atoms with Crippen molar-refractivity contribution in [2.45, 2.75) is 90.8 Å². The zero-order valence-corrected chi connectivity index (χ0v) is 20.9. The van der Waals surface area contributed by atoms with Crippen molar-refractivity contribution in [1.82, 2.24) is 0 Å². The molecule has 3 atom stereocenters. The largest absolute Gasteiger partial charge is 0.410 e. The summed E-state index contributed by atoms with van der Waals surface area (Å²) < 4.78 is 12.8. The molecule has 0 aromatic heterocycles. The second-order valence-corrected chi connectivity index (χ2v) is 13.1. The molecule has 1 aromatic rings. The average Bonchev–Trinajstić information content (AvgIpc) is 2.77. The molecular formula is C26H44O3Si. The van der Waals surface area contributed by atoms with E-state index in [1.54, 1.807) is 6.08 Å². The number of hydrogen-bond donors (Lipinski definition) is 1. The number of aliphatic hydroxyl groups is 1. The number of ether oxygens (including phenoxy) is 1. The van der Waals surface area contributed by atoms with E-state index >= 15 is 0 Å². The molecule has 0 bridgehead atoms. The first-order valence-electron chi connectivity index (χ1n) is 11.7. The fourth-order valence-corrected chi connectivity index (χ4v) is 6.72. The van der Waals surface area contributed by atoms with Gasteiger partial charge in [0.1, 0.15) is 0 Å². The molecule has 0 saturated heterocycles. The molecule has 1 rings (SSSR count). The van der Waals surface area contributed by atoms with Crippen molar-refractivity contribution in [2.24, 2.45) is 5.92 Å². The summed E-state index contributed by atoms with van der Waals surface area (Å²) in [5.74, 6) is 0.345. The third kappa shape index (κ3) is 9.30. The van der Waals surface area contributed by atoms with Crippen LogP contribution >= 0.6 is 0 Å². The molecule has 0 fully saturated rings. The number of rotatable bonds is 16. The summed E-state index contributed by atoms with van der Waals surface area (Å²) in [5.41, 5.74) is 2.42. The number of benzene rings is 1. The van der Waals surface area contributed by atoms with Gasteiger partial charge in [-0.15, -0.1) is 6.58 Å². The SMILES string of the molecule is C=CC[C@H](O)C[C@H](O[Si](CC)(CC)CC)/C(C)=C\[C@@H](CC)COCc1ccccc1. The Morgan fingerprint density at radius 3 is 2.27 bits per heavy atom. The van der Waals surface area contributed by atoms with E-state index in [4.69, 9.17) is 9.16 Å². The summed E-state index contributed by atoms with van der Waals surface area (Å²) in [7, 11) is -1.77. The van der Waals surface area contributed by atoms with Gasteiger partial charge in [0.2, 0.25) is 0 Å². The Kier molecular flexibility index (Phi) is 13.2. The monoisotopic (exact) mass is 432 g/mol. The van der Waals surface area contributed by atoms with E-state index in [1.807, 2.05) is 18.2 Å². The van der Waals surface area contributed by atoms with Gasteiger partial charge in [-0.2, -0.15) is 0 Å². The van der Waals surface area contributed by atoms with Gasteiger partial charge in [0.15, 0.2) is 8.32 Å². The van der Waals surface area contributed by atoms with Crippen LogP contribution in [0.1, 0.15) is 59.4 Å². The van der Waals surface area contributed by atoms with Gasteiger partial charge in [0.25, 0.3) is 0 Å². The van der Waals surface area contributed by atoms with E-state index in [9.17, 15) is 5.11 Å². The molecule has 0 aliphatic rings. The van der Waals surface area contributed by atoms with E-state index < -0.39 is 14.4 Å². The Balaban J connectivity index is 2.87. The molecule has 3 nitrogen and oxygen atoms in total. The van der Waals surface area contributed by atoms with Gasteiger partial charge in [0, 0.05) is 12.3 Å². The minimum atomic E-state index is -1.77. The van der Waals surface area contributed by atoms with Gasteiger partial charge in [-0.25, -0.2) is 0 Å². The zero-order valence-electron chi connectivity index (χ0n) is 19.9. The Bertz CT molecular complexity index is 602. The lowest BCUT2D eigenvalue weighted by Crippen LogP contribution is -2.41. The highest BCUT2D eigenvalue weighted by atomic mass is 28.4. The fraction of sp³-hybridized carbons (Fsp3) is 0.615. The van der Waals surface area contributed by atoms with Crippen LogP contribution in [-0.2, 0) is 15.8 Å². The normalized spacial score (nSPS) is 15.6. The molecule has 1 aromatic carbocycles. The molecule has 1 N–H and O–H groups in total. The number of aliphatic hydroxyl groups excluding tert-OH is 1. The topological polar surface area (TPSA) is 38.7 Å². The molecule has 0 amide bonds. The van der Waals surface area contributed by atoms with Crippen LogP contribution < -0.4 is 0 Å². The molecule has 0 spiro atoms. The predicted octanol–water partition coefficient (Wildman–Crippen LogP) is 6.89. The molecule has 170 valence electrons. The van der Waals surface area contributed by atoms with Gasteiger partial charge in [-0.3, -0.25) is 0 Å². The molecule has 0 radical (unpaired) electrons. The maximum atomic E-state index is 10.5. The van der Waals surface area contributed by atoms with Crippen molar-refractivity contribution in [3.05, 3.63) is 60.2 Å². The van der Waals surface area contributed by atoms with Crippen molar-refractivity contribution in [3.8, 4) is 0 Å². The van der Waals surface area contributed by atoms with Crippen molar-refractivity contribution in [1.29, 1.82) is 0 Å². The lowest BCUT2D eigenvalue weighted by atomic mass is 9.97. The second kappa shape index (κ2) is 14.7. The quantitative estimate of drug-likeness (QED) is 0.228. The number of hydrogen-bond acceptors (Lipinski definition) is 3. The molecule has 30 heavy (non-hydrogen) atoms. The van der Waals surface area contributed by atoms with Gasteiger partial charge in [0.05, 0.1) is 25.4 Å². The summed E-state index contributed by atoms with van der Waals surface area (Å²) in [6, 6.07) is 13.6. The summed E-state index contributed by atoms with van der Waals surface area (Å²) >= 11 is 0. The van der Waals surface area contributed by atoms with E-state index in [0.29, 0.717) is 32.0 Å². The van der Waals surface area contributed by atoms with Crippen molar-refractivity contribution in [3.63, 3.8) is 0 Å². The van der Waals surface area contributed by atoms with Crippen molar-refractivity contribution in [2.75, 3.05) is 6.61 Å². The minimum Gasteiger partial charge on any atom is -0.410 e. The Morgan fingerprint density at radius 2 is 1.73 bits per heavy atom. The summed E-state index contributed by atoms with van der Waals surface area (Å²) in [5, 5.41) is 10.5. The first-order valence-corrected chi connectivity index (χ1v) is 14.2. The molecule has 0 heterocycles. The molecule has 0 aliphatic heterocycles. The molecule has 0 unspecified atom stereocenters. The molecule has 0 aliphatic carbocycles. The highest BCUT2D eigenvalue weighted by molar-refractivity contribution is 6.73. The smallest absolute Gasteiger partial charge is 0.192 e. The van der Waals surface area contributed by atoms with Crippen LogP contribution in [-0.4, -0.2) is 32.2 Å². The van der Waals surface area contributed by atoms with E-state index in [-0.39, 0.29) is 6.10 Å². The van der Waals surface area contributed by atoms with Crippen LogP contribution in [0.25, 0.3) is 0 Å². The third-order valence-corrected chi connectivity index (χ3v) is 10.9. The van der Waals surface area contributed by atoms with Crippen LogP contribution in [0.3, 0.4) is 0 Å². The highest BCUT2D eigenvalue weighted by Crippen LogP contribution is 2.29. The summed E-state index contributed by atoms with van der Waals surface area (Å²) in [6.07, 6.45) is 5.91. The molecule has 4 heteroatoms. The lowest BCUT2D eigenvalue weighted by Gasteiger charge is -2.35. The van der Waals surface area contributed by atoms with Crippen LogP contribution in [0.4, 0.5) is 0 Å². The first kappa shape index (κ1) is 26.8. The van der Waals surface area contributed by atoms with Gasteiger partial charge in [-0.1, -0.05) is 70.2 Å². The maximum absolute atomic E-state index is 10.5. The van der Waals surface area contributed by atoms with Crippen LogP contribution in [0.15, 0.2) is 54.6 Å². The van der Waals surface area contributed by atoms with E-state index in [1.165, 1.54) is 11.1 Å². The highest BCUT2D eigenvalue weighted by Gasteiger charge is 2.33. The Labute approximate surface area is 186 Å². The average molecular weight is 433 g/mol. The van der Waals surface area contributed by atoms with Crippen LogP contribution in [0.2, 0.25) is 18.1 Å². The molecular weight excluding hydrogens is 388 g/mol. The van der Waals surface area contributed by atoms with E-state index in [0.717, 1.165) is 24.6 Å². The van der Waals surface area contributed by atoms with Crippen LogP contribution in [0.5, 0.6) is 0 Å². The van der Waals surface area contributed by atoms with Crippen molar-refractivity contribution >= 4 is 8.32 Å². The third-order valence-electron chi connectivity index (χ3n) is 6.22. The maximum Gasteiger partial charge on any atom is 0.192 e. The fourth-order valence-electron chi connectivity index (χ4n) is 3.83. The first-order chi connectivity index (χ1) is 14.4. The summed E-state index contributed by atoms with van der Waals surface area (Å²) in [6.45, 7) is 16.2. The van der Waals surface area contributed by atoms with Crippen molar-refractivity contribution < 1.29 is 14.3 Å². The summed E-state index contributed by atoms with van der Waals surface area (Å²) in [4.78, 5) is 0. The second-order valence-electron chi connectivity index (χ2n) is 8.34. The Morgan fingerprint density at radius 1 is 1.10 bits per heavy atom. The lowest BCUT2D eigenvalue weighted by molar-refractivity contribution is 0.0950. The van der Waals surface area contributed by atoms with E-state index in [2.05, 4.69) is 59.4 Å². The van der Waals surface area contributed by atoms with Crippen LogP contribution in [0, 0.1) is 5.92 Å². The standard InChI is InChI=1S/C26H44O3Si/c1-7-15-25(27)19-26(29-30(9-3,10-4)11-5)22(6)18-23(8-2)20-28-21-24-16-13-12-14-17-24/h7,12-14,16-18,23,25-27H,1,8-11,15,19-21H2,2-6H3/b22-18-/t23-,25+,26+/m1/s1. The molecule has 0 saturated carbocycles. The minimum absolute atomic E-state index is 0.0327.